The van der Waals surface area contributed by atoms with Crippen molar-refractivity contribution in [3.05, 3.63) is 23.9 Å². The molecule has 1 unspecified atom stereocenters. The van der Waals surface area contributed by atoms with Crippen LogP contribution in [0.5, 0.6) is 5.75 Å². The quantitative estimate of drug-likeness (QED) is 0.860. The number of nitrogens with zero attached hydrogens (tertiary/aromatic N) is 3. The molecule has 1 aromatic carbocycles. The second kappa shape index (κ2) is 6.55. The topological polar surface area (TPSA) is 47.5 Å². The highest BCUT2D eigenvalue weighted by atomic mass is 16.5. The van der Waals surface area contributed by atoms with Crippen molar-refractivity contribution in [2.75, 3.05) is 25.1 Å². The average molecular weight is 327 g/mol. The number of anilines is 1. The van der Waals surface area contributed by atoms with Crippen LogP contribution in [-0.4, -0.2) is 42.4 Å². The zero-order valence-electron chi connectivity index (χ0n) is 14.5. The Labute approximate surface area is 143 Å². The largest absolute Gasteiger partial charge is 0.497 e. The Morgan fingerprint density at radius 3 is 2.62 bits per heavy atom. The van der Waals surface area contributed by atoms with E-state index in [-0.39, 0.29) is 0 Å². The fourth-order valence-electron chi connectivity index (χ4n) is 3.56. The van der Waals surface area contributed by atoms with Gasteiger partial charge in [0.2, 0.25) is 0 Å². The van der Waals surface area contributed by atoms with Gasteiger partial charge in [0.15, 0.2) is 5.82 Å². The van der Waals surface area contributed by atoms with Gasteiger partial charge >= 0.3 is 0 Å². The Hall–Kier alpha value is -1.88. The van der Waals surface area contributed by atoms with Crippen molar-refractivity contribution in [1.29, 1.82) is 0 Å². The average Bonchev–Trinajstić information content (AvgIpc) is 2.57. The van der Waals surface area contributed by atoms with Crippen LogP contribution in [0.2, 0.25) is 0 Å². The minimum atomic E-state index is 0.330. The fraction of sp³-hybridized carbons (Fsp3) is 0.579. The van der Waals surface area contributed by atoms with E-state index in [1.807, 2.05) is 25.1 Å². The van der Waals surface area contributed by atoms with E-state index in [0.717, 1.165) is 54.2 Å². The van der Waals surface area contributed by atoms with Crippen LogP contribution >= 0.6 is 0 Å². The van der Waals surface area contributed by atoms with E-state index in [1.54, 1.807) is 7.11 Å². The number of rotatable bonds is 4. The van der Waals surface area contributed by atoms with E-state index in [4.69, 9.17) is 19.4 Å². The highest BCUT2D eigenvalue weighted by molar-refractivity contribution is 5.78. The molecule has 24 heavy (non-hydrogen) atoms. The SMILES string of the molecule is COc1ccc2nc(N3CCCC(OC4CCC4)C3)c(C)nc2c1. The van der Waals surface area contributed by atoms with Crippen molar-refractivity contribution in [2.45, 2.75) is 51.2 Å². The minimum absolute atomic E-state index is 0.330. The molecule has 1 saturated carbocycles. The molecule has 5 nitrogen and oxygen atoms in total. The Morgan fingerprint density at radius 1 is 1.04 bits per heavy atom. The van der Waals surface area contributed by atoms with Gasteiger partial charge in [0.1, 0.15) is 5.75 Å². The summed E-state index contributed by atoms with van der Waals surface area (Å²) >= 11 is 0. The number of ether oxygens (including phenoxy) is 2. The molecule has 0 bridgehead atoms. The van der Waals surface area contributed by atoms with Crippen molar-refractivity contribution >= 4 is 16.9 Å². The lowest BCUT2D eigenvalue weighted by Gasteiger charge is -2.37. The number of aromatic nitrogens is 2. The van der Waals surface area contributed by atoms with Crippen LogP contribution in [0.3, 0.4) is 0 Å². The third kappa shape index (κ3) is 3.05. The van der Waals surface area contributed by atoms with Crippen LogP contribution < -0.4 is 9.64 Å². The summed E-state index contributed by atoms with van der Waals surface area (Å²) in [6, 6.07) is 5.86. The van der Waals surface area contributed by atoms with Gasteiger partial charge in [-0.1, -0.05) is 0 Å². The molecule has 2 heterocycles. The highest BCUT2D eigenvalue weighted by Gasteiger charge is 2.28. The zero-order valence-corrected chi connectivity index (χ0v) is 14.5. The van der Waals surface area contributed by atoms with Crippen LogP contribution in [-0.2, 0) is 4.74 Å². The van der Waals surface area contributed by atoms with Gasteiger partial charge in [0.05, 0.1) is 36.0 Å². The molecule has 1 aliphatic carbocycles. The van der Waals surface area contributed by atoms with Crippen LogP contribution in [0.15, 0.2) is 18.2 Å². The Balaban J connectivity index is 1.56. The maximum Gasteiger partial charge on any atom is 0.150 e. The number of hydrogen-bond donors (Lipinski definition) is 0. The maximum atomic E-state index is 6.23. The number of piperidine rings is 1. The lowest BCUT2D eigenvalue weighted by molar-refractivity contribution is -0.0551. The molecule has 0 spiro atoms. The molecule has 0 amide bonds. The van der Waals surface area contributed by atoms with Gasteiger partial charge in [-0.3, -0.25) is 0 Å². The second-order valence-corrected chi connectivity index (χ2v) is 6.89. The molecule has 0 N–H and O–H groups in total. The van der Waals surface area contributed by atoms with E-state index in [9.17, 15) is 0 Å². The predicted octanol–water partition coefficient (Wildman–Crippen LogP) is 3.48. The molecule has 0 radical (unpaired) electrons. The van der Waals surface area contributed by atoms with Gasteiger partial charge < -0.3 is 14.4 Å². The summed E-state index contributed by atoms with van der Waals surface area (Å²) < 4.78 is 11.5. The highest BCUT2D eigenvalue weighted by Crippen LogP contribution is 2.29. The number of hydrogen-bond acceptors (Lipinski definition) is 5. The van der Waals surface area contributed by atoms with E-state index in [0.29, 0.717) is 12.2 Å². The van der Waals surface area contributed by atoms with Crippen molar-refractivity contribution < 1.29 is 9.47 Å². The molecule has 2 aliphatic rings. The Kier molecular flexibility index (Phi) is 4.27. The number of benzene rings is 1. The van der Waals surface area contributed by atoms with Gasteiger partial charge in [0.25, 0.3) is 0 Å². The minimum Gasteiger partial charge on any atom is -0.497 e. The van der Waals surface area contributed by atoms with Gasteiger partial charge in [-0.15, -0.1) is 0 Å². The second-order valence-electron chi connectivity index (χ2n) is 6.89. The van der Waals surface area contributed by atoms with E-state index >= 15 is 0 Å². The summed E-state index contributed by atoms with van der Waals surface area (Å²) in [5.74, 6) is 1.81. The molecule has 4 rings (SSSR count). The number of methoxy groups -OCH3 is 1. The standard InChI is InChI=1S/C19H25N3O2/c1-13-19(21-17-9-8-15(23-2)11-18(17)20-13)22-10-4-7-16(12-22)24-14-5-3-6-14/h8-9,11,14,16H,3-7,10,12H2,1-2H3. The smallest absolute Gasteiger partial charge is 0.150 e. The van der Waals surface area contributed by atoms with Gasteiger partial charge in [-0.05, 0) is 51.2 Å². The Morgan fingerprint density at radius 2 is 1.88 bits per heavy atom. The van der Waals surface area contributed by atoms with Crippen LogP contribution in [0.4, 0.5) is 5.82 Å². The summed E-state index contributed by atoms with van der Waals surface area (Å²) in [5, 5.41) is 0. The Bertz CT molecular complexity index is 730. The first-order valence-electron chi connectivity index (χ1n) is 8.96. The summed E-state index contributed by atoms with van der Waals surface area (Å²) in [6.45, 7) is 3.99. The molecule has 1 saturated heterocycles. The maximum absolute atomic E-state index is 6.23. The predicted molar refractivity (Wildman–Crippen MR) is 94.8 cm³/mol. The molecular weight excluding hydrogens is 302 g/mol. The van der Waals surface area contributed by atoms with Gasteiger partial charge in [-0.2, -0.15) is 0 Å². The van der Waals surface area contributed by atoms with Crippen LogP contribution in [0, 0.1) is 6.92 Å². The normalized spacial score (nSPS) is 21.8. The number of aryl methyl sites for hydroxylation is 1. The van der Waals surface area contributed by atoms with Crippen molar-refractivity contribution in [2.24, 2.45) is 0 Å². The van der Waals surface area contributed by atoms with Crippen molar-refractivity contribution in [3.63, 3.8) is 0 Å². The third-order valence-corrected chi connectivity index (χ3v) is 5.14. The summed E-state index contributed by atoms with van der Waals surface area (Å²) in [4.78, 5) is 12.0. The lowest BCUT2D eigenvalue weighted by atomic mass is 9.95. The van der Waals surface area contributed by atoms with Crippen LogP contribution in [0.25, 0.3) is 11.0 Å². The lowest BCUT2D eigenvalue weighted by Crippen LogP contribution is -2.43. The molecule has 1 aromatic heterocycles. The van der Waals surface area contributed by atoms with E-state index in [2.05, 4.69) is 4.90 Å². The molecule has 1 atom stereocenters. The molecule has 5 heteroatoms. The third-order valence-electron chi connectivity index (χ3n) is 5.14. The van der Waals surface area contributed by atoms with Crippen LogP contribution in [0.1, 0.15) is 37.8 Å². The fourth-order valence-corrected chi connectivity index (χ4v) is 3.56. The molecule has 2 aromatic rings. The first-order valence-corrected chi connectivity index (χ1v) is 8.96. The first kappa shape index (κ1) is 15.6. The molecule has 128 valence electrons. The van der Waals surface area contributed by atoms with Crippen molar-refractivity contribution in [3.8, 4) is 5.75 Å². The van der Waals surface area contributed by atoms with Gasteiger partial charge in [-0.25, -0.2) is 9.97 Å². The molecule has 1 aliphatic heterocycles. The van der Waals surface area contributed by atoms with E-state index < -0.39 is 0 Å². The summed E-state index contributed by atoms with van der Waals surface area (Å²) in [7, 11) is 1.67. The van der Waals surface area contributed by atoms with Gasteiger partial charge in [0, 0.05) is 19.2 Å². The van der Waals surface area contributed by atoms with E-state index in [1.165, 1.54) is 19.3 Å². The zero-order chi connectivity index (χ0) is 16.5. The summed E-state index contributed by atoms with van der Waals surface area (Å²) in [6.07, 6.45) is 6.91. The monoisotopic (exact) mass is 327 g/mol. The summed E-state index contributed by atoms with van der Waals surface area (Å²) in [5.41, 5.74) is 2.77. The van der Waals surface area contributed by atoms with Crippen molar-refractivity contribution in [1.82, 2.24) is 9.97 Å². The first-order chi connectivity index (χ1) is 11.7. The molecule has 2 fully saturated rings. The molecular formula is C19H25N3O2. The number of fused-ring (bicyclic) bond motifs is 1.